The van der Waals surface area contributed by atoms with Gasteiger partial charge in [0.25, 0.3) is 0 Å². The highest BCUT2D eigenvalue weighted by atomic mass is 16.1. The van der Waals surface area contributed by atoms with Gasteiger partial charge < -0.3 is 10.7 Å². The number of aromatic amines is 1. The lowest BCUT2D eigenvalue weighted by Gasteiger charge is -2.19. The summed E-state index contributed by atoms with van der Waals surface area (Å²) < 4.78 is 0. The van der Waals surface area contributed by atoms with Crippen molar-refractivity contribution < 1.29 is 4.79 Å². The maximum Gasteiger partial charge on any atom is 0.220 e. The molecule has 0 radical (unpaired) electrons. The molecule has 0 fully saturated rings. The summed E-state index contributed by atoms with van der Waals surface area (Å²) in [6.07, 6.45) is 2.58. The lowest BCUT2D eigenvalue weighted by atomic mass is 9.86. The van der Waals surface area contributed by atoms with Gasteiger partial charge in [0.15, 0.2) is 0 Å². The second-order valence-electron chi connectivity index (χ2n) is 5.41. The molecular formula is C15H18N2O. The van der Waals surface area contributed by atoms with E-state index in [0.717, 1.165) is 19.3 Å². The Kier molecular flexibility index (Phi) is 2.44. The summed E-state index contributed by atoms with van der Waals surface area (Å²) in [7, 11) is 0. The van der Waals surface area contributed by atoms with Crippen LogP contribution in [0.1, 0.15) is 28.8 Å². The Labute approximate surface area is 106 Å². The first kappa shape index (κ1) is 11.3. The first-order chi connectivity index (χ1) is 8.56. The Morgan fingerprint density at radius 2 is 2.06 bits per heavy atom. The van der Waals surface area contributed by atoms with Crippen molar-refractivity contribution in [1.82, 2.24) is 4.98 Å². The summed E-state index contributed by atoms with van der Waals surface area (Å²) >= 11 is 0. The fourth-order valence-electron chi connectivity index (χ4n) is 2.93. The average Bonchev–Trinajstić information content (AvgIpc) is 2.66. The number of carbonyl (C=O) groups excluding carboxylic acids is 1. The van der Waals surface area contributed by atoms with E-state index in [0.29, 0.717) is 0 Å². The van der Waals surface area contributed by atoms with Crippen LogP contribution in [0.15, 0.2) is 12.1 Å². The van der Waals surface area contributed by atoms with E-state index in [-0.39, 0.29) is 11.8 Å². The summed E-state index contributed by atoms with van der Waals surface area (Å²) in [5.41, 5.74) is 11.8. The van der Waals surface area contributed by atoms with E-state index >= 15 is 0 Å². The Morgan fingerprint density at radius 3 is 2.78 bits per heavy atom. The molecule has 1 amide bonds. The fraction of sp³-hybridized carbons (Fsp3) is 0.400. The first-order valence-corrected chi connectivity index (χ1v) is 6.46. The van der Waals surface area contributed by atoms with E-state index in [1.165, 1.54) is 33.3 Å². The van der Waals surface area contributed by atoms with Crippen LogP contribution in [0.3, 0.4) is 0 Å². The molecule has 1 atom stereocenters. The Hall–Kier alpha value is -1.77. The van der Waals surface area contributed by atoms with Crippen LogP contribution < -0.4 is 5.73 Å². The maximum absolute atomic E-state index is 11.4. The Morgan fingerprint density at radius 1 is 1.33 bits per heavy atom. The zero-order valence-electron chi connectivity index (χ0n) is 10.8. The standard InChI is InChI=1S/C15H18N2O/c1-8-5-11-12-7-10(15(16)18)3-4-13(12)17-14(11)6-9(8)2/h5-6,10,17H,3-4,7H2,1-2H3,(H2,16,18). The topological polar surface area (TPSA) is 58.9 Å². The number of hydrogen-bond acceptors (Lipinski definition) is 1. The highest BCUT2D eigenvalue weighted by Crippen LogP contribution is 2.32. The molecule has 1 aliphatic carbocycles. The number of nitrogens with two attached hydrogens (primary N) is 1. The van der Waals surface area contributed by atoms with Gasteiger partial charge in [-0.2, -0.15) is 0 Å². The quantitative estimate of drug-likeness (QED) is 0.792. The second kappa shape index (κ2) is 3.87. The number of carbonyl (C=O) groups is 1. The van der Waals surface area contributed by atoms with Gasteiger partial charge in [0.2, 0.25) is 5.91 Å². The second-order valence-corrected chi connectivity index (χ2v) is 5.41. The minimum Gasteiger partial charge on any atom is -0.369 e. The van der Waals surface area contributed by atoms with Crippen LogP contribution in [0.25, 0.3) is 10.9 Å². The number of hydrogen-bond donors (Lipinski definition) is 2. The molecular weight excluding hydrogens is 224 g/mol. The van der Waals surface area contributed by atoms with Gasteiger partial charge in [-0.1, -0.05) is 0 Å². The summed E-state index contributed by atoms with van der Waals surface area (Å²) in [5.74, 6) is -0.169. The number of nitrogens with one attached hydrogen (secondary N) is 1. The third-order valence-corrected chi connectivity index (χ3v) is 4.20. The van der Waals surface area contributed by atoms with Crippen LogP contribution in [-0.4, -0.2) is 10.9 Å². The molecule has 0 spiro atoms. The first-order valence-electron chi connectivity index (χ1n) is 6.46. The SMILES string of the molecule is Cc1cc2[nH]c3c(c2cc1C)CC(C(N)=O)CC3. The molecule has 3 rings (SSSR count). The third-order valence-electron chi connectivity index (χ3n) is 4.20. The lowest BCUT2D eigenvalue weighted by molar-refractivity contribution is -0.122. The van der Waals surface area contributed by atoms with E-state index in [4.69, 9.17) is 5.73 Å². The van der Waals surface area contributed by atoms with Gasteiger partial charge in [0.1, 0.15) is 0 Å². The van der Waals surface area contributed by atoms with Gasteiger partial charge in [-0.05, 0) is 61.9 Å². The van der Waals surface area contributed by atoms with Crippen LogP contribution in [0.5, 0.6) is 0 Å². The molecule has 3 N–H and O–H groups in total. The monoisotopic (exact) mass is 242 g/mol. The van der Waals surface area contributed by atoms with Crippen LogP contribution in [0, 0.1) is 19.8 Å². The molecule has 1 heterocycles. The lowest BCUT2D eigenvalue weighted by Crippen LogP contribution is -2.28. The number of amides is 1. The molecule has 3 nitrogen and oxygen atoms in total. The van der Waals surface area contributed by atoms with Crippen LogP contribution in [0.2, 0.25) is 0 Å². The third kappa shape index (κ3) is 1.62. The Balaban J connectivity index is 2.15. The highest BCUT2D eigenvalue weighted by Gasteiger charge is 2.25. The molecule has 94 valence electrons. The molecule has 1 unspecified atom stereocenters. The largest absolute Gasteiger partial charge is 0.369 e. The molecule has 1 aromatic heterocycles. The van der Waals surface area contributed by atoms with Crippen molar-refractivity contribution in [2.45, 2.75) is 33.1 Å². The fourth-order valence-corrected chi connectivity index (χ4v) is 2.93. The maximum atomic E-state index is 11.4. The van der Waals surface area contributed by atoms with Crippen molar-refractivity contribution >= 4 is 16.8 Å². The zero-order valence-corrected chi connectivity index (χ0v) is 10.8. The number of aromatic nitrogens is 1. The van der Waals surface area contributed by atoms with Crippen molar-refractivity contribution in [3.63, 3.8) is 0 Å². The predicted octanol–water partition coefficient (Wildman–Crippen LogP) is 2.37. The number of fused-ring (bicyclic) bond motifs is 3. The molecule has 2 aromatic rings. The van der Waals surface area contributed by atoms with Crippen LogP contribution in [-0.2, 0) is 17.6 Å². The van der Waals surface area contributed by atoms with E-state index in [1.807, 2.05) is 0 Å². The summed E-state index contributed by atoms with van der Waals surface area (Å²) in [4.78, 5) is 14.8. The van der Waals surface area contributed by atoms with Gasteiger partial charge in [-0.25, -0.2) is 0 Å². The molecule has 18 heavy (non-hydrogen) atoms. The molecule has 0 bridgehead atoms. The molecule has 3 heteroatoms. The average molecular weight is 242 g/mol. The molecule has 1 aliphatic rings. The van der Waals surface area contributed by atoms with Crippen LogP contribution >= 0.6 is 0 Å². The Bertz CT molecular complexity index is 639. The molecule has 0 aliphatic heterocycles. The number of primary amides is 1. The van der Waals surface area contributed by atoms with E-state index in [9.17, 15) is 4.79 Å². The minimum atomic E-state index is -0.168. The number of aryl methyl sites for hydroxylation is 3. The van der Waals surface area contributed by atoms with Gasteiger partial charge in [0.05, 0.1) is 0 Å². The van der Waals surface area contributed by atoms with Gasteiger partial charge in [0, 0.05) is 22.5 Å². The predicted molar refractivity (Wildman–Crippen MR) is 72.5 cm³/mol. The molecule has 0 saturated carbocycles. The minimum absolute atomic E-state index is 0.00175. The van der Waals surface area contributed by atoms with E-state index in [1.54, 1.807) is 0 Å². The van der Waals surface area contributed by atoms with E-state index in [2.05, 4.69) is 31.0 Å². The van der Waals surface area contributed by atoms with Crippen molar-refractivity contribution in [2.24, 2.45) is 11.7 Å². The highest BCUT2D eigenvalue weighted by molar-refractivity contribution is 5.87. The van der Waals surface area contributed by atoms with Crippen molar-refractivity contribution in [1.29, 1.82) is 0 Å². The summed E-state index contributed by atoms with van der Waals surface area (Å²) in [6.45, 7) is 4.25. The number of benzene rings is 1. The normalized spacial score (nSPS) is 18.9. The van der Waals surface area contributed by atoms with Crippen molar-refractivity contribution in [3.8, 4) is 0 Å². The van der Waals surface area contributed by atoms with Gasteiger partial charge >= 0.3 is 0 Å². The van der Waals surface area contributed by atoms with E-state index < -0.39 is 0 Å². The van der Waals surface area contributed by atoms with Crippen LogP contribution in [0.4, 0.5) is 0 Å². The van der Waals surface area contributed by atoms with Gasteiger partial charge in [-0.15, -0.1) is 0 Å². The number of rotatable bonds is 1. The van der Waals surface area contributed by atoms with Gasteiger partial charge in [-0.3, -0.25) is 4.79 Å². The van der Waals surface area contributed by atoms with Crippen molar-refractivity contribution in [2.75, 3.05) is 0 Å². The number of H-pyrrole nitrogens is 1. The molecule has 0 saturated heterocycles. The smallest absolute Gasteiger partial charge is 0.220 e. The molecule has 1 aromatic carbocycles. The summed E-state index contributed by atoms with van der Waals surface area (Å²) in [5, 5.41) is 1.26. The van der Waals surface area contributed by atoms with Crippen molar-refractivity contribution in [3.05, 3.63) is 34.5 Å². The zero-order chi connectivity index (χ0) is 12.9. The summed E-state index contributed by atoms with van der Waals surface area (Å²) in [6, 6.07) is 4.42.